The van der Waals surface area contributed by atoms with Crippen LogP contribution in [0.25, 0.3) is 0 Å². The number of rotatable bonds is 1. The monoisotopic (exact) mass is 240 g/mol. The number of carbonyl (C=O) groups excluding carboxylic acids is 1. The Hall–Kier alpha value is -1.26. The van der Waals surface area contributed by atoms with Gasteiger partial charge in [-0.05, 0) is 32.6 Å². The molecule has 0 aromatic carbocycles. The highest BCUT2D eigenvalue weighted by Gasteiger charge is 2.33. The molecule has 0 saturated carbocycles. The molecule has 1 N–H and O–H groups in total. The van der Waals surface area contributed by atoms with Gasteiger partial charge in [0.05, 0.1) is 5.92 Å². The van der Waals surface area contributed by atoms with Crippen molar-refractivity contribution in [2.75, 3.05) is 19.6 Å². The van der Waals surface area contributed by atoms with Crippen LogP contribution >= 0.6 is 0 Å². The second-order valence-corrected chi connectivity index (χ2v) is 5.09. The summed E-state index contributed by atoms with van der Waals surface area (Å²) in [6, 6.07) is 0.327. The third-order valence-electron chi connectivity index (χ3n) is 3.84. The van der Waals surface area contributed by atoms with Crippen LogP contribution in [0.15, 0.2) is 0 Å². The molecule has 2 heterocycles. The number of piperidine rings is 1. The molecule has 2 atom stereocenters. The molecule has 2 fully saturated rings. The van der Waals surface area contributed by atoms with Crippen LogP contribution in [-0.4, -0.2) is 52.6 Å². The number of aliphatic carboxylic acids is 1. The largest absolute Gasteiger partial charge is 0.481 e. The van der Waals surface area contributed by atoms with Crippen molar-refractivity contribution < 1.29 is 14.7 Å². The zero-order valence-electron chi connectivity index (χ0n) is 10.3. The molecular weight excluding hydrogens is 220 g/mol. The smallest absolute Gasteiger partial charge is 0.320 e. The number of amides is 2. The van der Waals surface area contributed by atoms with Crippen LogP contribution in [0.2, 0.25) is 0 Å². The van der Waals surface area contributed by atoms with Crippen LogP contribution < -0.4 is 0 Å². The molecule has 2 aliphatic rings. The molecule has 2 amide bonds. The first-order chi connectivity index (χ1) is 8.09. The maximum atomic E-state index is 12.2. The Kier molecular flexibility index (Phi) is 3.54. The van der Waals surface area contributed by atoms with Crippen molar-refractivity contribution in [1.29, 1.82) is 0 Å². The van der Waals surface area contributed by atoms with E-state index in [-0.39, 0.29) is 11.9 Å². The molecule has 2 aliphatic heterocycles. The molecular formula is C12H20N2O3. The summed E-state index contributed by atoms with van der Waals surface area (Å²) in [5, 5.41) is 9.00. The molecule has 5 heteroatoms. The van der Waals surface area contributed by atoms with Gasteiger partial charge >= 0.3 is 12.0 Å². The molecule has 2 rings (SSSR count). The number of carboxylic acid groups (broad SMARTS) is 1. The number of hydrogen-bond donors (Lipinski definition) is 1. The number of nitrogens with zero attached hydrogens (tertiary/aromatic N) is 2. The van der Waals surface area contributed by atoms with Gasteiger partial charge in [-0.1, -0.05) is 0 Å². The summed E-state index contributed by atoms with van der Waals surface area (Å²) >= 11 is 0. The lowest BCUT2D eigenvalue weighted by molar-refractivity contribution is -0.143. The van der Waals surface area contributed by atoms with Gasteiger partial charge in [-0.15, -0.1) is 0 Å². The Morgan fingerprint density at radius 2 is 1.88 bits per heavy atom. The van der Waals surface area contributed by atoms with E-state index in [9.17, 15) is 9.59 Å². The van der Waals surface area contributed by atoms with Gasteiger partial charge in [0.25, 0.3) is 0 Å². The molecule has 0 bridgehead atoms. The molecule has 0 aromatic heterocycles. The standard InChI is InChI=1S/C12H20N2O3/c1-9-4-2-7-14(9)12(17)13-6-3-5-10(8-13)11(15)16/h9-10H,2-8H2,1H3,(H,15,16)/t9?,10-/m1/s1. The topological polar surface area (TPSA) is 60.9 Å². The zero-order valence-corrected chi connectivity index (χ0v) is 10.3. The summed E-state index contributed by atoms with van der Waals surface area (Å²) in [4.78, 5) is 26.8. The van der Waals surface area contributed by atoms with E-state index in [1.165, 1.54) is 0 Å². The Labute approximate surface area is 101 Å². The summed E-state index contributed by atoms with van der Waals surface area (Å²) in [6.45, 7) is 3.95. The predicted molar refractivity (Wildman–Crippen MR) is 62.7 cm³/mol. The van der Waals surface area contributed by atoms with Gasteiger partial charge in [-0.3, -0.25) is 4.79 Å². The summed E-state index contributed by atoms with van der Waals surface area (Å²) in [5.74, 6) is -1.16. The fourth-order valence-corrected chi connectivity index (χ4v) is 2.75. The summed E-state index contributed by atoms with van der Waals surface area (Å²) in [5.41, 5.74) is 0. The van der Waals surface area contributed by atoms with Gasteiger partial charge in [0.15, 0.2) is 0 Å². The highest BCUT2D eigenvalue weighted by molar-refractivity contribution is 5.77. The van der Waals surface area contributed by atoms with Crippen LogP contribution in [0, 0.1) is 5.92 Å². The van der Waals surface area contributed by atoms with Gasteiger partial charge in [-0.2, -0.15) is 0 Å². The summed E-state index contributed by atoms with van der Waals surface area (Å²) < 4.78 is 0. The minimum absolute atomic E-state index is 0.0287. The average Bonchev–Trinajstić information content (AvgIpc) is 2.74. The number of carbonyl (C=O) groups is 2. The van der Waals surface area contributed by atoms with E-state index >= 15 is 0 Å². The van der Waals surface area contributed by atoms with Gasteiger partial charge < -0.3 is 14.9 Å². The second-order valence-electron chi connectivity index (χ2n) is 5.09. The maximum absolute atomic E-state index is 12.2. The van der Waals surface area contributed by atoms with Crippen molar-refractivity contribution in [3.63, 3.8) is 0 Å². The fraction of sp³-hybridized carbons (Fsp3) is 0.833. The van der Waals surface area contributed by atoms with Crippen LogP contribution in [-0.2, 0) is 4.79 Å². The number of urea groups is 1. The van der Waals surface area contributed by atoms with Crippen molar-refractivity contribution in [1.82, 2.24) is 9.80 Å². The van der Waals surface area contributed by atoms with Crippen LogP contribution in [0.3, 0.4) is 0 Å². The Morgan fingerprint density at radius 3 is 2.47 bits per heavy atom. The maximum Gasteiger partial charge on any atom is 0.320 e. The average molecular weight is 240 g/mol. The van der Waals surface area contributed by atoms with Crippen molar-refractivity contribution >= 4 is 12.0 Å². The third-order valence-corrected chi connectivity index (χ3v) is 3.84. The first-order valence-corrected chi connectivity index (χ1v) is 6.38. The number of hydrogen-bond acceptors (Lipinski definition) is 2. The first-order valence-electron chi connectivity index (χ1n) is 6.38. The highest BCUT2D eigenvalue weighted by Crippen LogP contribution is 2.22. The summed E-state index contributed by atoms with van der Waals surface area (Å²) in [7, 11) is 0. The van der Waals surface area contributed by atoms with Gasteiger partial charge in [-0.25, -0.2) is 4.79 Å². The van der Waals surface area contributed by atoms with Crippen molar-refractivity contribution in [2.45, 2.75) is 38.6 Å². The molecule has 0 radical (unpaired) electrons. The van der Waals surface area contributed by atoms with E-state index < -0.39 is 5.97 Å². The quantitative estimate of drug-likeness (QED) is 0.753. The Bertz CT molecular complexity index is 319. The van der Waals surface area contributed by atoms with E-state index in [0.717, 1.165) is 25.8 Å². The SMILES string of the molecule is CC1CCCN1C(=O)N1CCC[C@@H](C(=O)O)C1. The lowest BCUT2D eigenvalue weighted by atomic mass is 9.98. The second kappa shape index (κ2) is 4.94. The van der Waals surface area contributed by atoms with Crippen LogP contribution in [0.5, 0.6) is 0 Å². The predicted octanol–water partition coefficient (Wildman–Crippen LogP) is 1.39. The third kappa shape index (κ3) is 2.53. The minimum atomic E-state index is -0.781. The lowest BCUT2D eigenvalue weighted by Gasteiger charge is -2.35. The van der Waals surface area contributed by atoms with Crippen LogP contribution in [0.4, 0.5) is 4.79 Å². The Morgan fingerprint density at radius 1 is 1.18 bits per heavy atom. The highest BCUT2D eigenvalue weighted by atomic mass is 16.4. The number of likely N-dealkylation sites (tertiary alicyclic amines) is 2. The molecule has 96 valence electrons. The molecule has 1 unspecified atom stereocenters. The van der Waals surface area contributed by atoms with Gasteiger partial charge in [0.1, 0.15) is 0 Å². The zero-order chi connectivity index (χ0) is 12.4. The van der Waals surface area contributed by atoms with Gasteiger partial charge in [0, 0.05) is 25.7 Å². The van der Waals surface area contributed by atoms with Crippen molar-refractivity contribution in [3.05, 3.63) is 0 Å². The van der Waals surface area contributed by atoms with Gasteiger partial charge in [0.2, 0.25) is 0 Å². The van der Waals surface area contributed by atoms with E-state index in [0.29, 0.717) is 25.6 Å². The molecule has 2 saturated heterocycles. The van der Waals surface area contributed by atoms with Crippen molar-refractivity contribution in [2.24, 2.45) is 5.92 Å². The van der Waals surface area contributed by atoms with Crippen LogP contribution in [0.1, 0.15) is 32.6 Å². The van der Waals surface area contributed by atoms with E-state index in [1.807, 2.05) is 4.90 Å². The summed E-state index contributed by atoms with van der Waals surface area (Å²) in [6.07, 6.45) is 3.60. The first kappa shape index (κ1) is 12.2. The molecule has 0 aromatic rings. The van der Waals surface area contributed by atoms with E-state index in [4.69, 9.17) is 5.11 Å². The Balaban J connectivity index is 1.97. The minimum Gasteiger partial charge on any atom is -0.481 e. The molecule has 17 heavy (non-hydrogen) atoms. The molecule has 5 nitrogen and oxygen atoms in total. The lowest BCUT2D eigenvalue weighted by Crippen LogP contribution is -2.49. The van der Waals surface area contributed by atoms with E-state index in [1.54, 1.807) is 4.90 Å². The van der Waals surface area contributed by atoms with Crippen molar-refractivity contribution in [3.8, 4) is 0 Å². The molecule has 0 spiro atoms. The van der Waals surface area contributed by atoms with E-state index in [2.05, 4.69) is 6.92 Å². The normalized spacial score (nSPS) is 29.5. The number of carboxylic acids is 1. The molecule has 0 aliphatic carbocycles. The fourth-order valence-electron chi connectivity index (χ4n) is 2.75.